The quantitative estimate of drug-likeness (QED) is 0.825. The molecule has 0 spiro atoms. The highest BCUT2D eigenvalue weighted by atomic mass is 35.5. The highest BCUT2D eigenvalue weighted by Crippen LogP contribution is 2.56. The van der Waals surface area contributed by atoms with Crippen LogP contribution in [0.2, 0.25) is 5.02 Å². The Kier molecular flexibility index (Phi) is 3.11. The molecule has 1 saturated carbocycles. The lowest BCUT2D eigenvalue weighted by Gasteiger charge is -2.29. The minimum Gasteiger partial charge on any atom is -0.301 e. The summed E-state index contributed by atoms with van der Waals surface area (Å²) in [6.45, 7) is 0. The summed E-state index contributed by atoms with van der Waals surface area (Å²) < 4.78 is 13.9. The molecule has 0 saturated heterocycles. The van der Waals surface area contributed by atoms with Crippen LogP contribution in [0.1, 0.15) is 24.4 Å². The van der Waals surface area contributed by atoms with Crippen LogP contribution in [0.4, 0.5) is 4.39 Å². The number of benzene rings is 1. The van der Waals surface area contributed by atoms with Crippen LogP contribution in [0.3, 0.4) is 0 Å². The monoisotopic (exact) mass is 252 g/mol. The van der Waals surface area contributed by atoms with Gasteiger partial charge in [-0.1, -0.05) is 11.6 Å². The van der Waals surface area contributed by atoms with Crippen molar-refractivity contribution >= 4 is 11.6 Å². The second-order valence-electron chi connectivity index (χ2n) is 4.80. The molecule has 1 aromatic carbocycles. The van der Waals surface area contributed by atoms with E-state index in [1.54, 1.807) is 6.07 Å². The molecule has 0 amide bonds. The predicted molar refractivity (Wildman–Crippen MR) is 65.1 cm³/mol. The van der Waals surface area contributed by atoms with Crippen LogP contribution in [0, 0.1) is 22.6 Å². The van der Waals surface area contributed by atoms with E-state index in [2.05, 4.69) is 6.07 Å². The summed E-state index contributed by atoms with van der Waals surface area (Å²) in [6, 6.07) is 6.61. The van der Waals surface area contributed by atoms with E-state index in [4.69, 9.17) is 11.6 Å². The molecule has 2 nitrogen and oxygen atoms in total. The number of hydrogen-bond donors (Lipinski definition) is 0. The van der Waals surface area contributed by atoms with Gasteiger partial charge in [-0.25, -0.2) is 4.39 Å². The summed E-state index contributed by atoms with van der Waals surface area (Å²) in [5.41, 5.74) is 0.0659. The zero-order chi connectivity index (χ0) is 12.6. The smallest absolute Gasteiger partial charge is 0.128 e. The number of hydrogen-bond acceptors (Lipinski definition) is 2. The third-order valence-corrected chi connectivity index (χ3v) is 3.54. The topological polar surface area (TPSA) is 27.0 Å². The SMILES string of the molecule is CN(C)C(c1cc(Cl)ccc1F)C1(C#N)CC1. The minimum atomic E-state index is -0.449. The van der Waals surface area contributed by atoms with Crippen molar-refractivity contribution in [1.82, 2.24) is 4.90 Å². The Morgan fingerprint density at radius 2 is 2.12 bits per heavy atom. The highest BCUT2D eigenvalue weighted by molar-refractivity contribution is 6.30. The molecule has 4 heteroatoms. The Balaban J connectivity index is 2.48. The Morgan fingerprint density at radius 1 is 1.47 bits per heavy atom. The maximum absolute atomic E-state index is 13.9. The maximum atomic E-state index is 13.9. The number of halogens is 2. The van der Waals surface area contributed by atoms with E-state index >= 15 is 0 Å². The van der Waals surface area contributed by atoms with Gasteiger partial charge in [-0.3, -0.25) is 0 Å². The van der Waals surface area contributed by atoms with Crippen molar-refractivity contribution < 1.29 is 4.39 Å². The van der Waals surface area contributed by atoms with Crippen LogP contribution in [-0.2, 0) is 0 Å². The maximum Gasteiger partial charge on any atom is 0.128 e. The molecule has 1 aliphatic rings. The van der Waals surface area contributed by atoms with Gasteiger partial charge >= 0.3 is 0 Å². The summed E-state index contributed by atoms with van der Waals surface area (Å²) in [6.07, 6.45) is 1.64. The molecule has 90 valence electrons. The van der Waals surface area contributed by atoms with Crippen molar-refractivity contribution in [2.45, 2.75) is 18.9 Å². The van der Waals surface area contributed by atoms with Gasteiger partial charge in [0.2, 0.25) is 0 Å². The second kappa shape index (κ2) is 4.29. The summed E-state index contributed by atoms with van der Waals surface area (Å²) >= 11 is 5.91. The molecule has 0 heterocycles. The van der Waals surface area contributed by atoms with Crippen LogP contribution in [0.15, 0.2) is 18.2 Å². The summed E-state index contributed by atoms with van der Waals surface area (Å²) in [5.74, 6) is -0.297. The second-order valence-corrected chi connectivity index (χ2v) is 5.24. The van der Waals surface area contributed by atoms with Gasteiger partial charge in [0.1, 0.15) is 5.82 Å². The first-order valence-electron chi connectivity index (χ1n) is 5.53. The molecule has 0 bridgehead atoms. The van der Waals surface area contributed by atoms with E-state index in [-0.39, 0.29) is 11.9 Å². The van der Waals surface area contributed by atoms with E-state index in [1.165, 1.54) is 12.1 Å². The zero-order valence-electron chi connectivity index (χ0n) is 9.87. The first-order valence-corrected chi connectivity index (χ1v) is 5.90. The fraction of sp³-hybridized carbons (Fsp3) is 0.462. The van der Waals surface area contributed by atoms with Gasteiger partial charge in [-0.15, -0.1) is 0 Å². The van der Waals surface area contributed by atoms with Gasteiger partial charge in [-0.05, 0) is 45.1 Å². The van der Waals surface area contributed by atoms with Crippen LogP contribution in [0.25, 0.3) is 0 Å². The molecule has 1 atom stereocenters. The molecule has 0 aliphatic heterocycles. The van der Waals surface area contributed by atoms with Crippen molar-refractivity contribution in [3.05, 3.63) is 34.6 Å². The van der Waals surface area contributed by atoms with Crippen LogP contribution in [0.5, 0.6) is 0 Å². The normalized spacial score (nSPS) is 18.8. The van der Waals surface area contributed by atoms with E-state index in [9.17, 15) is 9.65 Å². The van der Waals surface area contributed by atoms with Gasteiger partial charge in [0, 0.05) is 10.6 Å². The van der Waals surface area contributed by atoms with Gasteiger partial charge < -0.3 is 4.90 Å². The highest BCUT2D eigenvalue weighted by Gasteiger charge is 2.52. The molecule has 1 unspecified atom stereocenters. The average Bonchev–Trinajstić information content (AvgIpc) is 3.04. The number of rotatable bonds is 3. The first kappa shape index (κ1) is 12.3. The van der Waals surface area contributed by atoms with E-state index in [0.29, 0.717) is 10.6 Å². The van der Waals surface area contributed by atoms with Crippen molar-refractivity contribution in [3.8, 4) is 6.07 Å². The first-order chi connectivity index (χ1) is 8.00. The third-order valence-electron chi connectivity index (χ3n) is 3.30. The predicted octanol–water partition coefficient (Wildman–Crippen LogP) is 3.39. The molecule has 0 radical (unpaired) electrons. The molecular formula is C13H14ClFN2. The van der Waals surface area contributed by atoms with Crippen molar-refractivity contribution in [2.75, 3.05) is 14.1 Å². The lowest BCUT2D eigenvalue weighted by Crippen LogP contribution is -2.28. The average molecular weight is 253 g/mol. The van der Waals surface area contributed by atoms with Gasteiger partial charge in [-0.2, -0.15) is 5.26 Å². The van der Waals surface area contributed by atoms with Gasteiger partial charge in [0.25, 0.3) is 0 Å². The molecule has 1 fully saturated rings. The van der Waals surface area contributed by atoms with Crippen molar-refractivity contribution in [1.29, 1.82) is 5.26 Å². The number of nitrogens with zero attached hydrogens (tertiary/aromatic N) is 2. The molecular weight excluding hydrogens is 239 g/mol. The lowest BCUT2D eigenvalue weighted by atomic mass is 9.90. The molecule has 17 heavy (non-hydrogen) atoms. The summed E-state index contributed by atoms with van der Waals surface area (Å²) in [5, 5.41) is 9.77. The largest absolute Gasteiger partial charge is 0.301 e. The summed E-state index contributed by atoms with van der Waals surface area (Å²) in [4.78, 5) is 1.89. The van der Waals surface area contributed by atoms with Crippen molar-refractivity contribution in [2.24, 2.45) is 5.41 Å². The fourth-order valence-electron chi connectivity index (χ4n) is 2.38. The molecule has 1 aliphatic carbocycles. The standard InChI is InChI=1S/C13H14ClFN2/c1-17(2)12(13(8-16)5-6-13)10-7-9(14)3-4-11(10)15/h3-4,7,12H,5-6H2,1-2H3. The molecule has 0 aromatic heterocycles. The number of nitriles is 1. The fourth-order valence-corrected chi connectivity index (χ4v) is 2.56. The molecule has 2 rings (SSSR count). The molecule has 1 aromatic rings. The minimum absolute atomic E-state index is 0.230. The Bertz CT molecular complexity index is 475. The van der Waals surface area contributed by atoms with Gasteiger partial charge in [0.05, 0.1) is 17.5 Å². The van der Waals surface area contributed by atoms with Crippen LogP contribution in [-0.4, -0.2) is 19.0 Å². The Morgan fingerprint density at radius 3 is 2.59 bits per heavy atom. The Labute approximate surface area is 106 Å². The zero-order valence-corrected chi connectivity index (χ0v) is 10.6. The van der Waals surface area contributed by atoms with Gasteiger partial charge in [0.15, 0.2) is 0 Å². The van der Waals surface area contributed by atoms with Crippen molar-refractivity contribution in [3.63, 3.8) is 0 Å². The van der Waals surface area contributed by atoms with Crippen LogP contribution >= 0.6 is 11.6 Å². The third kappa shape index (κ3) is 2.15. The molecule has 0 N–H and O–H groups in total. The Hall–Kier alpha value is -1.11. The van der Waals surface area contributed by atoms with E-state index in [1.807, 2.05) is 19.0 Å². The summed E-state index contributed by atoms with van der Waals surface area (Å²) in [7, 11) is 3.73. The van der Waals surface area contributed by atoms with E-state index in [0.717, 1.165) is 12.8 Å². The van der Waals surface area contributed by atoms with Crippen LogP contribution < -0.4 is 0 Å². The lowest BCUT2D eigenvalue weighted by molar-refractivity contribution is 0.226. The van der Waals surface area contributed by atoms with E-state index < -0.39 is 5.41 Å².